The first-order valence-corrected chi connectivity index (χ1v) is 10.8. The van der Waals surface area contributed by atoms with Crippen LogP contribution in [0.25, 0.3) is 0 Å². The van der Waals surface area contributed by atoms with Crippen LogP contribution in [0.1, 0.15) is 34.2 Å². The maximum atomic E-state index is 4.72. The molecule has 0 saturated carbocycles. The number of nitrogens with zero attached hydrogens (tertiary/aromatic N) is 4. The van der Waals surface area contributed by atoms with E-state index in [9.17, 15) is 0 Å². The molecular formula is C19H27IN6S2. The third kappa shape index (κ3) is 6.56. The highest BCUT2D eigenvalue weighted by atomic mass is 127. The molecule has 2 N–H and O–H groups in total. The maximum absolute atomic E-state index is 4.72. The van der Waals surface area contributed by atoms with Gasteiger partial charge in [0.1, 0.15) is 12.4 Å². The summed E-state index contributed by atoms with van der Waals surface area (Å²) in [5.41, 5.74) is 0. The van der Waals surface area contributed by atoms with Crippen molar-refractivity contribution in [1.29, 1.82) is 0 Å². The summed E-state index contributed by atoms with van der Waals surface area (Å²) in [5, 5.41) is 19.5. The molecule has 0 bridgehead atoms. The van der Waals surface area contributed by atoms with E-state index >= 15 is 0 Å². The van der Waals surface area contributed by atoms with Crippen LogP contribution in [-0.4, -0.2) is 33.8 Å². The summed E-state index contributed by atoms with van der Waals surface area (Å²) in [6.45, 7) is 6.36. The van der Waals surface area contributed by atoms with Crippen LogP contribution in [0.15, 0.2) is 40.0 Å². The Labute approximate surface area is 191 Å². The van der Waals surface area contributed by atoms with Crippen molar-refractivity contribution in [2.24, 2.45) is 12.0 Å². The molecule has 152 valence electrons. The van der Waals surface area contributed by atoms with Crippen LogP contribution in [-0.2, 0) is 20.0 Å². The number of halogens is 1. The summed E-state index contributed by atoms with van der Waals surface area (Å²) < 4.78 is 1.97. The Morgan fingerprint density at radius 1 is 1.18 bits per heavy atom. The SMILES string of the molecule is Cc1nnc(CN=C(NCCc2cccs2)NCC(C)c2cccs2)n1C.I. The second kappa shape index (κ2) is 11.5. The van der Waals surface area contributed by atoms with Crippen LogP contribution in [0.5, 0.6) is 0 Å². The number of hydrogen-bond acceptors (Lipinski definition) is 5. The van der Waals surface area contributed by atoms with Gasteiger partial charge in [-0.2, -0.15) is 0 Å². The van der Waals surface area contributed by atoms with E-state index in [4.69, 9.17) is 4.99 Å². The molecule has 0 aliphatic rings. The van der Waals surface area contributed by atoms with Crippen LogP contribution in [0.3, 0.4) is 0 Å². The predicted molar refractivity (Wildman–Crippen MR) is 129 cm³/mol. The Hall–Kier alpha value is -1.46. The molecule has 3 rings (SSSR count). The van der Waals surface area contributed by atoms with Gasteiger partial charge in [0.05, 0.1) is 0 Å². The Morgan fingerprint density at radius 2 is 1.96 bits per heavy atom. The highest BCUT2D eigenvalue weighted by Crippen LogP contribution is 2.19. The fourth-order valence-electron chi connectivity index (χ4n) is 2.59. The molecule has 1 unspecified atom stereocenters. The van der Waals surface area contributed by atoms with Gasteiger partial charge in [0.15, 0.2) is 11.8 Å². The molecule has 0 fully saturated rings. The Kier molecular flexibility index (Phi) is 9.39. The Morgan fingerprint density at radius 3 is 2.61 bits per heavy atom. The number of aromatic nitrogens is 3. The number of aryl methyl sites for hydroxylation is 1. The normalized spacial score (nSPS) is 12.5. The highest BCUT2D eigenvalue weighted by Gasteiger charge is 2.09. The van der Waals surface area contributed by atoms with Gasteiger partial charge in [-0.05, 0) is 36.2 Å². The van der Waals surface area contributed by atoms with Gasteiger partial charge in [-0.1, -0.05) is 19.1 Å². The minimum Gasteiger partial charge on any atom is -0.356 e. The Bertz CT molecular complexity index is 842. The number of aliphatic imine (C=N–C) groups is 1. The lowest BCUT2D eigenvalue weighted by Gasteiger charge is -2.15. The van der Waals surface area contributed by atoms with Crippen LogP contribution >= 0.6 is 46.7 Å². The van der Waals surface area contributed by atoms with Gasteiger partial charge in [0, 0.05) is 35.8 Å². The lowest BCUT2D eigenvalue weighted by molar-refractivity contribution is 0.698. The molecule has 6 nitrogen and oxygen atoms in total. The van der Waals surface area contributed by atoms with Gasteiger partial charge in [-0.3, -0.25) is 0 Å². The van der Waals surface area contributed by atoms with Crippen molar-refractivity contribution in [1.82, 2.24) is 25.4 Å². The zero-order chi connectivity index (χ0) is 19.1. The molecule has 3 aromatic rings. The van der Waals surface area contributed by atoms with Crippen LogP contribution in [0, 0.1) is 6.92 Å². The molecule has 3 aromatic heterocycles. The molecule has 0 saturated heterocycles. The number of rotatable bonds is 8. The average molecular weight is 531 g/mol. The first kappa shape index (κ1) is 22.8. The van der Waals surface area contributed by atoms with E-state index in [1.54, 1.807) is 22.7 Å². The quantitative estimate of drug-likeness (QED) is 0.263. The summed E-state index contributed by atoms with van der Waals surface area (Å²) in [6.07, 6.45) is 0.988. The minimum absolute atomic E-state index is 0. The lowest BCUT2D eigenvalue weighted by atomic mass is 10.1. The topological polar surface area (TPSA) is 67.1 Å². The van der Waals surface area contributed by atoms with Crippen molar-refractivity contribution in [3.8, 4) is 0 Å². The number of hydrogen-bond donors (Lipinski definition) is 2. The zero-order valence-corrected chi connectivity index (χ0v) is 20.3. The van der Waals surface area contributed by atoms with Crippen molar-refractivity contribution in [3.05, 3.63) is 56.4 Å². The second-order valence-corrected chi connectivity index (χ2v) is 8.45. The van der Waals surface area contributed by atoms with Gasteiger partial charge >= 0.3 is 0 Å². The van der Waals surface area contributed by atoms with Crippen LogP contribution in [0.4, 0.5) is 0 Å². The molecule has 0 aliphatic carbocycles. The monoisotopic (exact) mass is 530 g/mol. The smallest absolute Gasteiger partial charge is 0.191 e. The molecule has 0 amide bonds. The summed E-state index contributed by atoms with van der Waals surface area (Å²) in [6, 6.07) is 8.53. The zero-order valence-electron chi connectivity index (χ0n) is 16.4. The second-order valence-electron chi connectivity index (χ2n) is 6.44. The molecule has 9 heteroatoms. The first-order chi connectivity index (χ1) is 13.1. The molecule has 1 atom stereocenters. The van der Waals surface area contributed by atoms with E-state index in [-0.39, 0.29) is 24.0 Å². The van der Waals surface area contributed by atoms with E-state index < -0.39 is 0 Å². The molecular weight excluding hydrogens is 503 g/mol. The molecule has 0 aromatic carbocycles. The van der Waals surface area contributed by atoms with Crippen molar-refractivity contribution < 1.29 is 0 Å². The summed E-state index contributed by atoms with van der Waals surface area (Å²) in [4.78, 5) is 7.47. The number of guanidine groups is 1. The standard InChI is InChI=1S/C19H26N6S2.HI/c1-14(17-7-5-11-27-17)12-21-19(20-9-8-16-6-4-10-26-16)22-13-18-24-23-15(2)25(18)3;/h4-7,10-11,14H,8-9,12-13H2,1-3H3,(H2,20,21,22);1H. The van der Waals surface area contributed by atoms with Crippen LogP contribution < -0.4 is 10.6 Å². The summed E-state index contributed by atoms with van der Waals surface area (Å²) >= 11 is 3.58. The van der Waals surface area contributed by atoms with E-state index in [1.807, 2.05) is 18.5 Å². The van der Waals surface area contributed by atoms with E-state index in [0.29, 0.717) is 12.5 Å². The van der Waals surface area contributed by atoms with Gasteiger partial charge in [0.25, 0.3) is 0 Å². The van der Waals surface area contributed by atoms with Crippen molar-refractivity contribution in [3.63, 3.8) is 0 Å². The van der Waals surface area contributed by atoms with Crippen molar-refractivity contribution >= 4 is 52.6 Å². The predicted octanol–water partition coefficient (Wildman–Crippen LogP) is 3.95. The molecule has 0 spiro atoms. The lowest BCUT2D eigenvalue weighted by Crippen LogP contribution is -2.40. The molecule has 0 aliphatic heterocycles. The van der Waals surface area contributed by atoms with E-state index in [1.165, 1.54) is 9.75 Å². The average Bonchev–Trinajstić information content (AvgIpc) is 3.42. The highest BCUT2D eigenvalue weighted by molar-refractivity contribution is 14.0. The number of nitrogens with one attached hydrogen (secondary N) is 2. The van der Waals surface area contributed by atoms with Gasteiger partial charge in [0.2, 0.25) is 0 Å². The van der Waals surface area contributed by atoms with E-state index in [0.717, 1.165) is 37.1 Å². The van der Waals surface area contributed by atoms with Crippen molar-refractivity contribution in [2.45, 2.75) is 32.7 Å². The van der Waals surface area contributed by atoms with E-state index in [2.05, 4.69) is 62.8 Å². The third-order valence-electron chi connectivity index (χ3n) is 4.41. The largest absolute Gasteiger partial charge is 0.356 e. The van der Waals surface area contributed by atoms with Gasteiger partial charge in [-0.15, -0.1) is 56.8 Å². The minimum atomic E-state index is 0. The summed E-state index contributed by atoms with van der Waals surface area (Å²) in [5.74, 6) is 3.01. The van der Waals surface area contributed by atoms with Gasteiger partial charge < -0.3 is 15.2 Å². The maximum Gasteiger partial charge on any atom is 0.191 e. The van der Waals surface area contributed by atoms with Crippen LogP contribution in [0.2, 0.25) is 0 Å². The van der Waals surface area contributed by atoms with Gasteiger partial charge in [-0.25, -0.2) is 4.99 Å². The van der Waals surface area contributed by atoms with Crippen molar-refractivity contribution in [2.75, 3.05) is 13.1 Å². The molecule has 28 heavy (non-hydrogen) atoms. The fourth-order valence-corrected chi connectivity index (χ4v) is 4.09. The number of thiophene rings is 2. The molecule has 0 radical (unpaired) electrons. The summed E-state index contributed by atoms with van der Waals surface area (Å²) in [7, 11) is 1.97. The Balaban J connectivity index is 0.00000280. The molecule has 3 heterocycles. The fraction of sp³-hybridized carbons (Fsp3) is 0.421. The first-order valence-electron chi connectivity index (χ1n) is 9.06. The third-order valence-corrected chi connectivity index (χ3v) is 6.45.